The van der Waals surface area contributed by atoms with Crippen LogP contribution in [0, 0.1) is 0 Å². The number of hydrogen-bond donors (Lipinski definition) is 2. The van der Waals surface area contributed by atoms with Gasteiger partial charge in [-0.15, -0.1) is 0 Å². The fourth-order valence-corrected chi connectivity index (χ4v) is 1.31. The molecule has 1 atom stereocenters. The minimum atomic E-state index is -0.862. The fraction of sp³-hybridized carbons (Fsp3) is 0.833. The summed E-state index contributed by atoms with van der Waals surface area (Å²) in [5, 5.41) is 11.2. The Kier molecular flexibility index (Phi) is 9.43. The lowest BCUT2D eigenvalue weighted by atomic mass is 10.2. The van der Waals surface area contributed by atoms with Crippen molar-refractivity contribution in [1.29, 1.82) is 0 Å². The number of carboxylic acids is 1. The molecular weight excluding hydrogens is 222 g/mol. The quantitative estimate of drug-likeness (QED) is 0.612. The van der Waals surface area contributed by atoms with Crippen molar-refractivity contribution in [3.05, 3.63) is 0 Å². The van der Waals surface area contributed by atoms with Crippen LogP contribution in [0.5, 0.6) is 0 Å². The molecule has 0 heterocycles. The second kappa shape index (κ2) is 10.1. The van der Waals surface area contributed by atoms with E-state index in [0.717, 1.165) is 19.4 Å². The van der Waals surface area contributed by atoms with Crippen LogP contribution in [-0.4, -0.2) is 36.2 Å². The maximum Gasteiger partial charge on any atom is 0.303 e. The lowest BCUT2D eigenvalue weighted by Gasteiger charge is -2.12. The van der Waals surface area contributed by atoms with Crippen LogP contribution in [-0.2, 0) is 14.3 Å². The summed E-state index contributed by atoms with van der Waals surface area (Å²) in [5.74, 6) is -0.951. The van der Waals surface area contributed by atoms with Gasteiger partial charge in [0.1, 0.15) is 0 Å². The van der Waals surface area contributed by atoms with Crippen molar-refractivity contribution >= 4 is 11.9 Å². The zero-order valence-corrected chi connectivity index (χ0v) is 10.7. The van der Waals surface area contributed by atoms with Crippen molar-refractivity contribution in [2.45, 2.75) is 52.1 Å². The van der Waals surface area contributed by atoms with E-state index in [-0.39, 0.29) is 24.9 Å². The Balaban J connectivity index is 3.41. The van der Waals surface area contributed by atoms with E-state index >= 15 is 0 Å². The van der Waals surface area contributed by atoms with Gasteiger partial charge in [-0.05, 0) is 26.2 Å². The van der Waals surface area contributed by atoms with E-state index in [0.29, 0.717) is 13.0 Å². The zero-order chi connectivity index (χ0) is 13.1. The fourth-order valence-electron chi connectivity index (χ4n) is 1.31. The van der Waals surface area contributed by atoms with Crippen molar-refractivity contribution in [3.63, 3.8) is 0 Å². The first-order chi connectivity index (χ1) is 8.06. The molecule has 1 amide bonds. The molecule has 0 aliphatic rings. The second-order valence-corrected chi connectivity index (χ2v) is 4.07. The first-order valence-corrected chi connectivity index (χ1v) is 6.16. The molecule has 0 saturated heterocycles. The molecule has 5 nitrogen and oxygen atoms in total. The summed E-state index contributed by atoms with van der Waals surface area (Å²) in [5.41, 5.74) is 0. The van der Waals surface area contributed by atoms with Gasteiger partial charge in [0.2, 0.25) is 5.91 Å². The summed E-state index contributed by atoms with van der Waals surface area (Å²) in [6.45, 7) is 5.35. The molecule has 0 aliphatic heterocycles. The van der Waals surface area contributed by atoms with Crippen molar-refractivity contribution in [1.82, 2.24) is 5.32 Å². The average molecular weight is 245 g/mol. The number of ether oxygens (including phenoxy) is 1. The van der Waals surface area contributed by atoms with Crippen molar-refractivity contribution in [3.8, 4) is 0 Å². The molecule has 0 aliphatic carbocycles. The maximum atomic E-state index is 11.3. The van der Waals surface area contributed by atoms with Gasteiger partial charge in [0, 0.05) is 26.0 Å². The molecule has 0 spiro atoms. The van der Waals surface area contributed by atoms with Crippen LogP contribution < -0.4 is 5.32 Å². The molecule has 17 heavy (non-hydrogen) atoms. The van der Waals surface area contributed by atoms with E-state index in [4.69, 9.17) is 9.84 Å². The van der Waals surface area contributed by atoms with Crippen LogP contribution in [0.4, 0.5) is 0 Å². The summed E-state index contributed by atoms with van der Waals surface area (Å²) >= 11 is 0. The second-order valence-electron chi connectivity index (χ2n) is 4.07. The lowest BCUT2D eigenvalue weighted by Crippen LogP contribution is -2.27. The van der Waals surface area contributed by atoms with E-state index in [1.54, 1.807) is 0 Å². The summed E-state index contributed by atoms with van der Waals surface area (Å²) in [7, 11) is 0. The van der Waals surface area contributed by atoms with E-state index in [2.05, 4.69) is 12.2 Å². The number of carboxylic acid groups (broad SMARTS) is 1. The van der Waals surface area contributed by atoms with Gasteiger partial charge in [0.05, 0.1) is 6.10 Å². The molecule has 0 aromatic rings. The monoisotopic (exact) mass is 245 g/mol. The number of nitrogens with one attached hydrogen (secondary N) is 1. The Hall–Kier alpha value is -1.10. The van der Waals surface area contributed by atoms with E-state index in [1.165, 1.54) is 0 Å². The van der Waals surface area contributed by atoms with Crippen LogP contribution in [0.15, 0.2) is 0 Å². The number of carbonyl (C=O) groups is 2. The van der Waals surface area contributed by atoms with Gasteiger partial charge in [-0.1, -0.05) is 6.92 Å². The molecule has 0 aromatic carbocycles. The standard InChI is InChI=1S/C12H23NO4/c1-3-9-17-10(2)7-8-13-11(14)5-4-6-12(15)16/h10H,3-9H2,1-2H3,(H,13,14)(H,15,16). The van der Waals surface area contributed by atoms with Gasteiger partial charge in [-0.25, -0.2) is 0 Å². The summed E-state index contributed by atoms with van der Waals surface area (Å²) < 4.78 is 5.46. The molecule has 0 bridgehead atoms. The van der Waals surface area contributed by atoms with Gasteiger partial charge < -0.3 is 15.2 Å². The molecule has 0 rings (SSSR count). The van der Waals surface area contributed by atoms with Crippen LogP contribution in [0.25, 0.3) is 0 Å². The Morgan fingerprint density at radius 3 is 2.65 bits per heavy atom. The van der Waals surface area contributed by atoms with Crippen molar-refractivity contribution < 1.29 is 19.4 Å². The zero-order valence-electron chi connectivity index (χ0n) is 10.7. The third-order valence-corrected chi connectivity index (χ3v) is 2.27. The minimum Gasteiger partial charge on any atom is -0.481 e. The molecule has 2 N–H and O–H groups in total. The molecule has 0 radical (unpaired) electrons. The van der Waals surface area contributed by atoms with Gasteiger partial charge in [0.25, 0.3) is 0 Å². The maximum absolute atomic E-state index is 11.3. The van der Waals surface area contributed by atoms with E-state index in [9.17, 15) is 9.59 Å². The molecule has 0 saturated carbocycles. The SMILES string of the molecule is CCCOC(C)CCNC(=O)CCCC(=O)O. The smallest absolute Gasteiger partial charge is 0.303 e. The Bertz CT molecular complexity index is 231. The third-order valence-electron chi connectivity index (χ3n) is 2.27. The Labute approximate surface area is 103 Å². The molecule has 0 aromatic heterocycles. The molecule has 1 unspecified atom stereocenters. The highest BCUT2D eigenvalue weighted by molar-refractivity contribution is 5.76. The summed E-state index contributed by atoms with van der Waals surface area (Å²) in [4.78, 5) is 21.5. The lowest BCUT2D eigenvalue weighted by molar-refractivity contribution is -0.137. The predicted molar refractivity (Wildman–Crippen MR) is 64.8 cm³/mol. The van der Waals surface area contributed by atoms with Crippen LogP contribution in [0.3, 0.4) is 0 Å². The first kappa shape index (κ1) is 15.9. The highest BCUT2D eigenvalue weighted by atomic mass is 16.5. The van der Waals surface area contributed by atoms with Gasteiger partial charge in [-0.3, -0.25) is 9.59 Å². The number of rotatable bonds is 10. The van der Waals surface area contributed by atoms with E-state index in [1.807, 2.05) is 6.92 Å². The highest BCUT2D eigenvalue weighted by Crippen LogP contribution is 1.98. The Morgan fingerprint density at radius 2 is 2.06 bits per heavy atom. The van der Waals surface area contributed by atoms with Crippen LogP contribution in [0.2, 0.25) is 0 Å². The van der Waals surface area contributed by atoms with Gasteiger partial charge >= 0.3 is 5.97 Å². The largest absolute Gasteiger partial charge is 0.481 e. The molecule has 0 fully saturated rings. The highest BCUT2D eigenvalue weighted by Gasteiger charge is 2.05. The molecule has 100 valence electrons. The normalized spacial score (nSPS) is 12.1. The third kappa shape index (κ3) is 11.2. The topological polar surface area (TPSA) is 75.6 Å². The van der Waals surface area contributed by atoms with Crippen LogP contribution in [0.1, 0.15) is 46.0 Å². The number of amides is 1. The van der Waals surface area contributed by atoms with E-state index < -0.39 is 5.97 Å². The van der Waals surface area contributed by atoms with Crippen molar-refractivity contribution in [2.75, 3.05) is 13.2 Å². The average Bonchev–Trinajstić information content (AvgIpc) is 2.25. The number of hydrogen-bond acceptors (Lipinski definition) is 3. The summed E-state index contributed by atoms with van der Waals surface area (Å²) in [6, 6.07) is 0. The molecular formula is C12H23NO4. The van der Waals surface area contributed by atoms with Gasteiger partial charge in [-0.2, -0.15) is 0 Å². The van der Waals surface area contributed by atoms with Crippen LogP contribution >= 0.6 is 0 Å². The minimum absolute atomic E-state index is 0.0451. The number of carbonyl (C=O) groups excluding carboxylic acids is 1. The first-order valence-electron chi connectivity index (χ1n) is 6.16. The number of aliphatic carboxylic acids is 1. The van der Waals surface area contributed by atoms with Crippen molar-refractivity contribution in [2.24, 2.45) is 0 Å². The van der Waals surface area contributed by atoms with Gasteiger partial charge in [0.15, 0.2) is 0 Å². The summed E-state index contributed by atoms with van der Waals surface area (Å²) in [6.07, 6.45) is 2.63. The Morgan fingerprint density at radius 1 is 1.35 bits per heavy atom. The molecule has 5 heteroatoms. The predicted octanol–water partition coefficient (Wildman–Crippen LogP) is 1.56.